The number of Topliss-reactive ketones (excluding diaryl/α,β-unsaturated/α-hetero) is 1. The van der Waals surface area contributed by atoms with Crippen LogP contribution in [-0.4, -0.2) is 48.0 Å². The van der Waals surface area contributed by atoms with Crippen molar-refractivity contribution in [3.63, 3.8) is 0 Å². The number of hydrogen-bond donors (Lipinski definition) is 4. The first kappa shape index (κ1) is 31.1. The van der Waals surface area contributed by atoms with E-state index in [1.54, 1.807) is 54.6 Å². The van der Waals surface area contributed by atoms with E-state index >= 15 is 0 Å². The Labute approximate surface area is 258 Å². The summed E-state index contributed by atoms with van der Waals surface area (Å²) in [4.78, 5) is 66.0. The van der Waals surface area contributed by atoms with Gasteiger partial charge in [-0.15, -0.1) is 0 Å². The summed E-state index contributed by atoms with van der Waals surface area (Å²) in [5.74, 6) is -4.78. The summed E-state index contributed by atoms with van der Waals surface area (Å²) in [5, 5.41) is 11.3. The zero-order chi connectivity index (χ0) is 31.8. The Bertz CT molecular complexity index is 1670. The molecule has 1 aliphatic heterocycles. The molecule has 11 heteroatoms. The topological polar surface area (TPSA) is 147 Å². The van der Waals surface area contributed by atoms with Crippen molar-refractivity contribution in [3.8, 4) is 0 Å². The van der Waals surface area contributed by atoms with Gasteiger partial charge in [0.25, 0.3) is 11.8 Å². The van der Waals surface area contributed by atoms with Crippen LogP contribution in [0.25, 0.3) is 11.0 Å². The number of halogens is 1. The number of para-hydroxylation sites is 1. The van der Waals surface area contributed by atoms with Gasteiger partial charge in [-0.3, -0.25) is 24.0 Å². The number of ketones is 1. The lowest BCUT2D eigenvalue weighted by molar-refractivity contribution is -0.141. The molecule has 0 unspecified atom stereocenters. The smallest absolute Gasteiger partial charge is 0.289 e. The lowest BCUT2D eigenvalue weighted by Gasteiger charge is -2.27. The fourth-order valence-electron chi connectivity index (χ4n) is 5.30. The Balaban J connectivity index is 1.36. The molecule has 1 aromatic heterocycles. The van der Waals surface area contributed by atoms with Crippen LogP contribution in [0.5, 0.6) is 0 Å². The van der Waals surface area contributed by atoms with E-state index in [1.807, 2.05) is 6.07 Å². The van der Waals surface area contributed by atoms with Crippen molar-refractivity contribution in [2.75, 3.05) is 6.54 Å². The van der Waals surface area contributed by atoms with E-state index in [-0.39, 0.29) is 31.1 Å². The molecule has 5 rings (SSSR count). The van der Waals surface area contributed by atoms with Gasteiger partial charge < -0.3 is 25.7 Å². The highest BCUT2D eigenvalue weighted by Gasteiger charge is 2.35. The Kier molecular flexibility index (Phi) is 9.98. The number of amides is 4. The summed E-state index contributed by atoms with van der Waals surface area (Å²) in [6.45, 7) is 0.590. The fourth-order valence-corrected chi connectivity index (χ4v) is 5.30. The van der Waals surface area contributed by atoms with Gasteiger partial charge in [-0.1, -0.05) is 60.7 Å². The molecule has 2 heterocycles. The van der Waals surface area contributed by atoms with Crippen molar-refractivity contribution in [2.45, 2.75) is 44.3 Å². The highest BCUT2D eigenvalue weighted by molar-refractivity contribution is 6.38. The van der Waals surface area contributed by atoms with Crippen molar-refractivity contribution in [1.82, 2.24) is 21.3 Å². The van der Waals surface area contributed by atoms with Gasteiger partial charge in [-0.25, -0.2) is 4.39 Å². The average Bonchev–Trinajstić information content (AvgIpc) is 3.49. The summed E-state index contributed by atoms with van der Waals surface area (Å²) < 4.78 is 19.7. The maximum atomic E-state index is 14.0. The van der Waals surface area contributed by atoms with Crippen LogP contribution in [0.2, 0.25) is 0 Å². The van der Waals surface area contributed by atoms with E-state index in [1.165, 1.54) is 24.3 Å². The quantitative estimate of drug-likeness (QED) is 0.181. The number of furan rings is 1. The SMILES string of the molecule is O=C(NCc1ccccc1)C(=O)[C@H](C[C@@H]1CCCNC1=O)NC(=O)[C@H](Cc1cccc(F)c1)NC(=O)c1cc2ccccc2o1. The molecule has 0 bridgehead atoms. The van der Waals surface area contributed by atoms with Gasteiger partial charge in [0.1, 0.15) is 17.4 Å². The lowest BCUT2D eigenvalue weighted by atomic mass is 9.89. The maximum Gasteiger partial charge on any atom is 0.289 e. The van der Waals surface area contributed by atoms with Crippen molar-refractivity contribution in [1.29, 1.82) is 0 Å². The Morgan fingerprint density at radius 2 is 1.64 bits per heavy atom. The first-order chi connectivity index (χ1) is 21.8. The van der Waals surface area contributed by atoms with Gasteiger partial charge in [-0.2, -0.15) is 0 Å². The summed E-state index contributed by atoms with van der Waals surface area (Å²) in [5.41, 5.74) is 1.66. The van der Waals surface area contributed by atoms with E-state index in [2.05, 4.69) is 21.3 Å². The van der Waals surface area contributed by atoms with Crippen LogP contribution in [0.4, 0.5) is 4.39 Å². The molecule has 0 radical (unpaired) electrons. The number of carbonyl (C=O) groups is 5. The summed E-state index contributed by atoms with van der Waals surface area (Å²) in [6.07, 6.45) is 0.924. The second-order valence-electron chi connectivity index (χ2n) is 11.0. The normalized spacial score (nSPS) is 15.8. The Morgan fingerprint density at radius 3 is 2.40 bits per heavy atom. The molecule has 232 valence electrons. The molecule has 0 aliphatic carbocycles. The summed E-state index contributed by atoms with van der Waals surface area (Å²) in [6, 6.07) is 20.5. The van der Waals surface area contributed by atoms with Gasteiger partial charge in [0.15, 0.2) is 5.76 Å². The molecule has 10 nitrogen and oxygen atoms in total. The fraction of sp³-hybridized carbons (Fsp3) is 0.265. The van der Waals surface area contributed by atoms with Crippen molar-refractivity contribution >= 4 is 40.4 Å². The van der Waals surface area contributed by atoms with Gasteiger partial charge >= 0.3 is 0 Å². The van der Waals surface area contributed by atoms with E-state index in [4.69, 9.17) is 4.42 Å². The number of piperidine rings is 1. The molecule has 4 N–H and O–H groups in total. The molecule has 0 saturated carbocycles. The second-order valence-corrected chi connectivity index (χ2v) is 11.0. The highest BCUT2D eigenvalue weighted by Crippen LogP contribution is 2.20. The van der Waals surface area contributed by atoms with E-state index < -0.39 is 47.3 Å². The van der Waals surface area contributed by atoms with Crippen LogP contribution in [0, 0.1) is 11.7 Å². The van der Waals surface area contributed by atoms with Crippen LogP contribution < -0.4 is 21.3 Å². The molecule has 4 amide bonds. The van der Waals surface area contributed by atoms with E-state index in [9.17, 15) is 28.4 Å². The van der Waals surface area contributed by atoms with Crippen molar-refractivity contribution in [2.24, 2.45) is 5.92 Å². The van der Waals surface area contributed by atoms with Crippen LogP contribution in [0.15, 0.2) is 89.3 Å². The van der Waals surface area contributed by atoms with Gasteiger partial charge in [0, 0.05) is 30.8 Å². The number of nitrogens with one attached hydrogen (secondary N) is 4. The monoisotopic (exact) mass is 612 g/mol. The van der Waals surface area contributed by atoms with Crippen LogP contribution in [0.1, 0.15) is 40.9 Å². The minimum absolute atomic E-state index is 0.0416. The predicted molar refractivity (Wildman–Crippen MR) is 163 cm³/mol. The Hall–Kier alpha value is -5.32. The molecule has 45 heavy (non-hydrogen) atoms. The van der Waals surface area contributed by atoms with Crippen LogP contribution in [-0.2, 0) is 32.1 Å². The van der Waals surface area contributed by atoms with Gasteiger partial charge in [0.05, 0.1) is 6.04 Å². The largest absolute Gasteiger partial charge is 0.451 e. The average molecular weight is 613 g/mol. The standard InChI is InChI=1S/C34H33FN4O6/c35-25-13-6-10-22(16-25)17-27(39-33(43)29-19-23-11-4-5-14-28(23)45-29)32(42)38-26(18-24-12-7-15-36-31(24)41)30(40)34(44)37-20-21-8-2-1-3-9-21/h1-6,8-11,13-14,16,19,24,26-27H,7,12,15,17-18,20H2,(H,36,41)(H,37,44)(H,38,42)(H,39,43)/t24-,26-,27-/m0/s1. The molecule has 0 spiro atoms. The maximum absolute atomic E-state index is 14.0. The summed E-state index contributed by atoms with van der Waals surface area (Å²) in [7, 11) is 0. The van der Waals surface area contributed by atoms with Crippen molar-refractivity contribution < 1.29 is 32.8 Å². The molecular formula is C34H33FN4O6. The third-order valence-electron chi connectivity index (χ3n) is 7.67. The third-order valence-corrected chi connectivity index (χ3v) is 7.67. The number of rotatable bonds is 12. The number of carbonyl (C=O) groups excluding carboxylic acids is 5. The minimum atomic E-state index is -1.36. The van der Waals surface area contributed by atoms with E-state index in [0.29, 0.717) is 35.9 Å². The zero-order valence-electron chi connectivity index (χ0n) is 24.4. The molecule has 4 aromatic rings. The number of benzene rings is 3. The first-order valence-electron chi connectivity index (χ1n) is 14.7. The van der Waals surface area contributed by atoms with Crippen LogP contribution in [0.3, 0.4) is 0 Å². The zero-order valence-corrected chi connectivity index (χ0v) is 24.4. The highest BCUT2D eigenvalue weighted by atomic mass is 19.1. The third kappa shape index (κ3) is 8.20. The van der Waals surface area contributed by atoms with Gasteiger partial charge in [-0.05, 0) is 54.7 Å². The van der Waals surface area contributed by atoms with Gasteiger partial charge in [0.2, 0.25) is 17.6 Å². The van der Waals surface area contributed by atoms with E-state index in [0.717, 1.165) is 5.56 Å². The molecule has 3 atom stereocenters. The van der Waals surface area contributed by atoms with Crippen molar-refractivity contribution in [3.05, 3.63) is 108 Å². The predicted octanol–water partition coefficient (Wildman–Crippen LogP) is 3.20. The molecule has 1 saturated heterocycles. The van der Waals surface area contributed by atoms with Crippen LogP contribution >= 0.6 is 0 Å². The lowest BCUT2D eigenvalue weighted by Crippen LogP contribution is -2.55. The second kappa shape index (κ2) is 14.4. The number of fused-ring (bicyclic) bond motifs is 1. The Morgan fingerprint density at radius 1 is 0.889 bits per heavy atom. The minimum Gasteiger partial charge on any atom is -0.451 e. The first-order valence-corrected chi connectivity index (χ1v) is 14.7. The molecule has 1 aliphatic rings. The number of hydrogen-bond acceptors (Lipinski definition) is 6. The summed E-state index contributed by atoms with van der Waals surface area (Å²) >= 11 is 0. The molecule has 3 aromatic carbocycles. The molecule has 1 fully saturated rings. The molecular weight excluding hydrogens is 579 g/mol.